The molecule has 1 amide bonds. The number of carbonyl (C=O) groups excluding carboxylic acids is 1. The fraction of sp³-hybridized carbons (Fsp3) is 0.435. The molecule has 3 rings (SSSR count). The number of amides is 1. The van der Waals surface area contributed by atoms with Crippen LogP contribution < -0.4 is 5.32 Å². The van der Waals surface area contributed by atoms with Crippen molar-refractivity contribution in [1.82, 2.24) is 9.62 Å². The van der Waals surface area contributed by atoms with Gasteiger partial charge in [0.15, 0.2) is 0 Å². The lowest BCUT2D eigenvalue weighted by atomic mass is 9.95. The van der Waals surface area contributed by atoms with Gasteiger partial charge in [-0.1, -0.05) is 54.1 Å². The van der Waals surface area contributed by atoms with Gasteiger partial charge < -0.3 is 5.32 Å². The van der Waals surface area contributed by atoms with Crippen LogP contribution in [-0.4, -0.2) is 31.7 Å². The number of sulfonamides is 1. The van der Waals surface area contributed by atoms with E-state index in [2.05, 4.69) is 37.4 Å². The maximum atomic E-state index is 12.7. The average molecular weight is 415 g/mol. The third-order valence-electron chi connectivity index (χ3n) is 5.66. The Morgan fingerprint density at radius 3 is 2.38 bits per heavy atom. The van der Waals surface area contributed by atoms with Gasteiger partial charge in [0.1, 0.15) is 0 Å². The number of piperidine rings is 1. The van der Waals surface area contributed by atoms with Crippen LogP contribution in [0.4, 0.5) is 0 Å². The Hall–Kier alpha value is -2.18. The second kappa shape index (κ2) is 9.09. The van der Waals surface area contributed by atoms with Gasteiger partial charge in [-0.2, -0.15) is 0 Å². The van der Waals surface area contributed by atoms with E-state index < -0.39 is 10.0 Å². The molecule has 0 bridgehead atoms. The largest absolute Gasteiger partial charge is 0.349 e. The normalized spacial score (nSPS) is 17.1. The van der Waals surface area contributed by atoms with Crippen LogP contribution in [0, 0.1) is 19.8 Å². The highest BCUT2D eigenvalue weighted by molar-refractivity contribution is 7.88. The minimum atomic E-state index is -3.36. The molecule has 2 aromatic rings. The minimum Gasteiger partial charge on any atom is -0.349 e. The SMILES string of the molecule is Cc1ccc(C(C)NC(=O)C2CCN(S(=O)(=O)Cc3ccccc3)CC2)c(C)c1. The van der Waals surface area contributed by atoms with Gasteiger partial charge in [-0.15, -0.1) is 0 Å². The summed E-state index contributed by atoms with van der Waals surface area (Å²) in [7, 11) is -3.36. The third-order valence-corrected chi connectivity index (χ3v) is 7.51. The molecule has 1 unspecified atom stereocenters. The summed E-state index contributed by atoms with van der Waals surface area (Å²) in [6.07, 6.45) is 1.11. The van der Waals surface area contributed by atoms with Crippen molar-refractivity contribution in [1.29, 1.82) is 0 Å². The first-order chi connectivity index (χ1) is 13.8. The first kappa shape index (κ1) is 21.5. The molecule has 1 heterocycles. The molecule has 1 fully saturated rings. The van der Waals surface area contributed by atoms with E-state index in [9.17, 15) is 13.2 Å². The molecule has 1 saturated heterocycles. The Labute approximate surface area is 174 Å². The summed E-state index contributed by atoms with van der Waals surface area (Å²) < 4.78 is 26.9. The highest BCUT2D eigenvalue weighted by Crippen LogP contribution is 2.24. The average Bonchev–Trinajstić information content (AvgIpc) is 2.68. The molecule has 0 aromatic heterocycles. The van der Waals surface area contributed by atoms with Crippen molar-refractivity contribution in [3.8, 4) is 0 Å². The summed E-state index contributed by atoms with van der Waals surface area (Å²) in [6.45, 7) is 6.89. The van der Waals surface area contributed by atoms with Gasteiger partial charge in [0.25, 0.3) is 0 Å². The van der Waals surface area contributed by atoms with Crippen molar-refractivity contribution in [2.75, 3.05) is 13.1 Å². The van der Waals surface area contributed by atoms with Crippen molar-refractivity contribution in [3.63, 3.8) is 0 Å². The second-order valence-corrected chi connectivity index (χ2v) is 9.97. The molecule has 6 heteroatoms. The monoisotopic (exact) mass is 414 g/mol. The molecule has 2 aromatic carbocycles. The third kappa shape index (κ3) is 5.46. The van der Waals surface area contributed by atoms with Gasteiger partial charge >= 0.3 is 0 Å². The number of nitrogens with zero attached hydrogens (tertiary/aromatic N) is 1. The molecule has 1 atom stereocenters. The molecule has 0 saturated carbocycles. The quantitative estimate of drug-likeness (QED) is 0.783. The Morgan fingerprint density at radius 1 is 1.10 bits per heavy atom. The van der Waals surface area contributed by atoms with Crippen LogP contribution in [0.1, 0.15) is 48.1 Å². The number of aryl methyl sites for hydroxylation is 2. The predicted octanol–water partition coefficient (Wildman–Crippen LogP) is 3.72. The van der Waals surface area contributed by atoms with Gasteiger partial charge in [0, 0.05) is 19.0 Å². The Balaban J connectivity index is 1.55. The second-order valence-electron chi connectivity index (χ2n) is 8.01. The molecule has 0 radical (unpaired) electrons. The molecule has 1 aliphatic heterocycles. The summed E-state index contributed by atoms with van der Waals surface area (Å²) >= 11 is 0. The van der Waals surface area contributed by atoms with Gasteiger partial charge in [0.2, 0.25) is 15.9 Å². The highest BCUT2D eigenvalue weighted by atomic mass is 32.2. The lowest BCUT2D eigenvalue weighted by molar-refractivity contribution is -0.126. The van der Waals surface area contributed by atoms with E-state index in [1.54, 1.807) is 0 Å². The highest BCUT2D eigenvalue weighted by Gasteiger charge is 2.31. The van der Waals surface area contributed by atoms with E-state index in [-0.39, 0.29) is 23.6 Å². The fourth-order valence-corrected chi connectivity index (χ4v) is 5.56. The van der Waals surface area contributed by atoms with Crippen LogP contribution in [0.5, 0.6) is 0 Å². The lowest BCUT2D eigenvalue weighted by Gasteiger charge is -2.31. The van der Waals surface area contributed by atoms with Crippen molar-refractivity contribution in [2.24, 2.45) is 5.92 Å². The topological polar surface area (TPSA) is 66.5 Å². The molecular formula is C23H30N2O3S. The Morgan fingerprint density at radius 2 is 1.76 bits per heavy atom. The standard InChI is InChI=1S/C23H30N2O3S/c1-17-9-10-22(18(2)15-17)19(3)24-23(26)21-11-13-25(14-12-21)29(27,28)16-20-7-5-4-6-8-20/h4-10,15,19,21H,11-14,16H2,1-3H3,(H,24,26). The molecular weight excluding hydrogens is 384 g/mol. The Kier molecular flexibility index (Phi) is 6.75. The number of rotatable bonds is 6. The van der Waals surface area contributed by atoms with Crippen molar-refractivity contribution in [3.05, 3.63) is 70.8 Å². The number of carbonyl (C=O) groups is 1. The summed E-state index contributed by atoms with van der Waals surface area (Å²) in [5, 5.41) is 3.11. The molecule has 29 heavy (non-hydrogen) atoms. The zero-order valence-electron chi connectivity index (χ0n) is 17.4. The summed E-state index contributed by atoms with van der Waals surface area (Å²) in [5.74, 6) is -0.127. The van der Waals surface area contributed by atoms with Crippen molar-refractivity contribution < 1.29 is 13.2 Å². The van der Waals surface area contributed by atoms with E-state index in [1.807, 2.05) is 37.3 Å². The molecule has 156 valence electrons. The van der Waals surface area contributed by atoms with E-state index in [0.717, 1.165) is 11.1 Å². The van der Waals surface area contributed by atoms with Gasteiger partial charge in [0.05, 0.1) is 11.8 Å². The summed E-state index contributed by atoms with van der Waals surface area (Å²) in [5.41, 5.74) is 4.27. The first-order valence-corrected chi connectivity index (χ1v) is 11.8. The van der Waals surface area contributed by atoms with Gasteiger partial charge in [-0.3, -0.25) is 4.79 Å². The van der Waals surface area contributed by atoms with Crippen molar-refractivity contribution >= 4 is 15.9 Å². The maximum absolute atomic E-state index is 12.7. The molecule has 1 N–H and O–H groups in total. The summed E-state index contributed by atoms with van der Waals surface area (Å²) in [6, 6.07) is 15.4. The van der Waals surface area contributed by atoms with Crippen LogP contribution in [0.2, 0.25) is 0 Å². The van der Waals surface area contributed by atoms with Crippen LogP contribution >= 0.6 is 0 Å². The lowest BCUT2D eigenvalue weighted by Crippen LogP contribution is -2.43. The molecule has 0 spiro atoms. The Bertz CT molecular complexity index is 949. The summed E-state index contributed by atoms with van der Waals surface area (Å²) in [4.78, 5) is 12.7. The molecule has 1 aliphatic rings. The van der Waals surface area contributed by atoms with E-state index in [4.69, 9.17) is 0 Å². The number of hydrogen-bond acceptors (Lipinski definition) is 3. The van der Waals surface area contributed by atoms with Crippen LogP contribution in [0.25, 0.3) is 0 Å². The number of benzene rings is 2. The molecule has 5 nitrogen and oxygen atoms in total. The van der Waals surface area contributed by atoms with E-state index in [0.29, 0.717) is 25.9 Å². The van der Waals surface area contributed by atoms with Gasteiger partial charge in [-0.25, -0.2) is 12.7 Å². The maximum Gasteiger partial charge on any atom is 0.223 e. The zero-order valence-corrected chi connectivity index (χ0v) is 18.2. The van der Waals surface area contributed by atoms with Gasteiger partial charge in [-0.05, 0) is 50.3 Å². The zero-order chi connectivity index (χ0) is 21.0. The first-order valence-electron chi connectivity index (χ1n) is 10.2. The van der Waals surface area contributed by atoms with Crippen molar-refractivity contribution in [2.45, 2.75) is 45.4 Å². The van der Waals surface area contributed by atoms with E-state index in [1.165, 1.54) is 15.4 Å². The van der Waals surface area contributed by atoms with Crippen LogP contribution in [0.3, 0.4) is 0 Å². The fourth-order valence-electron chi connectivity index (χ4n) is 3.99. The van der Waals surface area contributed by atoms with Crippen LogP contribution in [-0.2, 0) is 20.6 Å². The smallest absolute Gasteiger partial charge is 0.223 e. The van der Waals surface area contributed by atoms with E-state index >= 15 is 0 Å². The minimum absolute atomic E-state index is 0.00837. The predicted molar refractivity (Wildman–Crippen MR) is 116 cm³/mol. The molecule has 0 aliphatic carbocycles. The number of nitrogens with one attached hydrogen (secondary N) is 1. The number of hydrogen-bond donors (Lipinski definition) is 1. The van der Waals surface area contributed by atoms with Crippen LogP contribution in [0.15, 0.2) is 48.5 Å².